The maximum absolute atomic E-state index is 12.4. The highest BCUT2D eigenvalue weighted by Gasteiger charge is 2.23. The van der Waals surface area contributed by atoms with E-state index in [0.29, 0.717) is 5.56 Å². The van der Waals surface area contributed by atoms with Crippen LogP contribution in [0.5, 0.6) is 0 Å². The molecule has 1 aliphatic rings. The molecule has 0 N–H and O–H groups in total. The zero-order valence-electron chi connectivity index (χ0n) is 11.3. The van der Waals surface area contributed by atoms with Gasteiger partial charge in [-0.05, 0) is 38.0 Å². The minimum atomic E-state index is 0.0984. The van der Waals surface area contributed by atoms with Gasteiger partial charge < -0.3 is 4.90 Å². The molecule has 0 spiro atoms. The first kappa shape index (κ1) is 13.4. The van der Waals surface area contributed by atoms with Crippen molar-refractivity contribution in [1.29, 1.82) is 0 Å². The summed E-state index contributed by atoms with van der Waals surface area (Å²) < 4.78 is 2.81. The highest BCUT2D eigenvalue weighted by molar-refractivity contribution is 9.10. The Hall–Kier alpha value is -1.62. The Morgan fingerprint density at radius 3 is 2.75 bits per heavy atom. The largest absolute Gasteiger partial charge is 0.339 e. The molecule has 4 nitrogen and oxygen atoms in total. The first-order valence-corrected chi connectivity index (χ1v) is 7.56. The number of aromatic nitrogens is 2. The summed E-state index contributed by atoms with van der Waals surface area (Å²) in [6.45, 7) is 3.66. The second kappa shape index (κ2) is 5.40. The molecule has 20 heavy (non-hydrogen) atoms. The minimum Gasteiger partial charge on any atom is -0.339 e. The summed E-state index contributed by atoms with van der Waals surface area (Å²) in [5.41, 5.74) is 2.55. The average molecular weight is 334 g/mol. The molecule has 5 heteroatoms. The summed E-state index contributed by atoms with van der Waals surface area (Å²) in [7, 11) is 0. The third-order valence-corrected chi connectivity index (χ3v) is 4.18. The van der Waals surface area contributed by atoms with E-state index in [4.69, 9.17) is 0 Å². The molecule has 1 fully saturated rings. The topological polar surface area (TPSA) is 38.1 Å². The smallest absolute Gasteiger partial charge is 0.257 e. The van der Waals surface area contributed by atoms with Crippen LogP contribution < -0.4 is 0 Å². The molecule has 1 aromatic carbocycles. The normalized spacial score (nSPS) is 14.8. The first-order valence-electron chi connectivity index (χ1n) is 6.76. The second-order valence-electron chi connectivity index (χ2n) is 5.03. The van der Waals surface area contributed by atoms with Crippen molar-refractivity contribution in [2.75, 3.05) is 13.1 Å². The van der Waals surface area contributed by atoms with Crippen LogP contribution in [0, 0.1) is 6.92 Å². The van der Waals surface area contributed by atoms with Gasteiger partial charge in [0.15, 0.2) is 0 Å². The summed E-state index contributed by atoms with van der Waals surface area (Å²) in [6.07, 6.45) is 3.88. The van der Waals surface area contributed by atoms with Crippen LogP contribution in [0.2, 0.25) is 0 Å². The number of nitrogens with zero attached hydrogens (tertiary/aromatic N) is 3. The van der Waals surface area contributed by atoms with Crippen LogP contribution in [0.3, 0.4) is 0 Å². The molecule has 3 rings (SSSR count). The minimum absolute atomic E-state index is 0.0984. The van der Waals surface area contributed by atoms with Crippen molar-refractivity contribution >= 4 is 21.8 Å². The lowest BCUT2D eigenvalue weighted by molar-refractivity contribution is 0.0792. The number of likely N-dealkylation sites (tertiary alicyclic amines) is 1. The maximum Gasteiger partial charge on any atom is 0.257 e. The lowest BCUT2D eigenvalue weighted by atomic mass is 10.2. The van der Waals surface area contributed by atoms with Crippen molar-refractivity contribution in [3.63, 3.8) is 0 Å². The molecule has 0 unspecified atom stereocenters. The molecule has 0 radical (unpaired) electrons. The SMILES string of the molecule is Cc1c(C(=O)N2CCCC2)cnn1-c1cccc(Br)c1. The van der Waals surface area contributed by atoms with Crippen molar-refractivity contribution in [2.24, 2.45) is 0 Å². The van der Waals surface area contributed by atoms with Crippen molar-refractivity contribution in [3.8, 4) is 5.69 Å². The summed E-state index contributed by atoms with van der Waals surface area (Å²) in [5, 5.41) is 4.37. The van der Waals surface area contributed by atoms with Crippen LogP contribution in [-0.4, -0.2) is 33.7 Å². The lowest BCUT2D eigenvalue weighted by Crippen LogP contribution is -2.27. The predicted octanol–water partition coefficient (Wildman–Crippen LogP) is 3.18. The van der Waals surface area contributed by atoms with Gasteiger partial charge >= 0.3 is 0 Å². The highest BCUT2D eigenvalue weighted by Crippen LogP contribution is 2.20. The molecule has 1 aliphatic heterocycles. The van der Waals surface area contributed by atoms with E-state index in [1.54, 1.807) is 6.20 Å². The number of benzene rings is 1. The standard InChI is InChI=1S/C15H16BrN3O/c1-11-14(15(20)18-7-2-3-8-18)10-17-19(11)13-6-4-5-12(16)9-13/h4-6,9-10H,2-3,7-8H2,1H3. The Labute approximate surface area is 126 Å². The van der Waals surface area contributed by atoms with E-state index >= 15 is 0 Å². The highest BCUT2D eigenvalue weighted by atomic mass is 79.9. The van der Waals surface area contributed by atoms with E-state index < -0.39 is 0 Å². The summed E-state index contributed by atoms with van der Waals surface area (Å²) in [4.78, 5) is 14.4. The molecule has 2 heterocycles. The number of hydrogen-bond acceptors (Lipinski definition) is 2. The van der Waals surface area contributed by atoms with E-state index in [1.807, 2.05) is 40.8 Å². The Kier molecular flexibility index (Phi) is 3.61. The molecule has 1 aromatic heterocycles. The van der Waals surface area contributed by atoms with Crippen LogP contribution in [0.25, 0.3) is 5.69 Å². The van der Waals surface area contributed by atoms with E-state index in [9.17, 15) is 4.79 Å². The van der Waals surface area contributed by atoms with E-state index in [1.165, 1.54) is 0 Å². The van der Waals surface area contributed by atoms with Gasteiger partial charge in [-0.1, -0.05) is 22.0 Å². The summed E-state index contributed by atoms with van der Waals surface area (Å²) in [6, 6.07) is 7.90. The van der Waals surface area contributed by atoms with Crippen LogP contribution in [0.1, 0.15) is 28.9 Å². The second-order valence-corrected chi connectivity index (χ2v) is 5.95. The zero-order chi connectivity index (χ0) is 14.1. The van der Waals surface area contributed by atoms with Gasteiger partial charge in [-0.3, -0.25) is 4.79 Å². The monoisotopic (exact) mass is 333 g/mol. The fourth-order valence-corrected chi connectivity index (χ4v) is 2.97. The van der Waals surface area contributed by atoms with Gasteiger partial charge in [0.1, 0.15) is 0 Å². The molecule has 104 valence electrons. The maximum atomic E-state index is 12.4. The average Bonchev–Trinajstić information content (AvgIpc) is 3.07. The Bertz CT molecular complexity index is 644. The molecule has 0 bridgehead atoms. The fraction of sp³-hybridized carbons (Fsp3) is 0.333. The Balaban J connectivity index is 1.94. The van der Waals surface area contributed by atoms with E-state index in [2.05, 4.69) is 21.0 Å². The fourth-order valence-electron chi connectivity index (χ4n) is 2.58. The van der Waals surface area contributed by atoms with Crippen molar-refractivity contribution in [1.82, 2.24) is 14.7 Å². The van der Waals surface area contributed by atoms with Crippen LogP contribution >= 0.6 is 15.9 Å². The van der Waals surface area contributed by atoms with Gasteiger partial charge in [-0.25, -0.2) is 4.68 Å². The number of halogens is 1. The molecule has 0 saturated carbocycles. The quantitative estimate of drug-likeness (QED) is 0.846. The molecule has 0 aliphatic carbocycles. The lowest BCUT2D eigenvalue weighted by Gasteiger charge is -2.14. The molecule has 0 atom stereocenters. The Morgan fingerprint density at radius 2 is 2.05 bits per heavy atom. The molecular formula is C15H16BrN3O. The molecule has 1 amide bonds. The van der Waals surface area contributed by atoms with Gasteiger partial charge in [-0.2, -0.15) is 5.10 Å². The summed E-state index contributed by atoms with van der Waals surface area (Å²) >= 11 is 3.46. The number of hydrogen-bond donors (Lipinski definition) is 0. The number of carbonyl (C=O) groups is 1. The van der Waals surface area contributed by atoms with Crippen LogP contribution in [0.15, 0.2) is 34.9 Å². The molecule has 1 saturated heterocycles. The Morgan fingerprint density at radius 1 is 1.30 bits per heavy atom. The van der Waals surface area contributed by atoms with Crippen LogP contribution in [-0.2, 0) is 0 Å². The molecule has 2 aromatic rings. The van der Waals surface area contributed by atoms with Crippen molar-refractivity contribution in [3.05, 3.63) is 46.2 Å². The predicted molar refractivity (Wildman–Crippen MR) is 81.1 cm³/mol. The first-order chi connectivity index (χ1) is 9.66. The van der Waals surface area contributed by atoms with E-state index in [-0.39, 0.29) is 5.91 Å². The van der Waals surface area contributed by atoms with Gasteiger partial charge in [0.25, 0.3) is 5.91 Å². The van der Waals surface area contributed by atoms with Gasteiger partial charge in [0.05, 0.1) is 23.1 Å². The van der Waals surface area contributed by atoms with E-state index in [0.717, 1.165) is 41.8 Å². The summed E-state index contributed by atoms with van der Waals surface area (Å²) in [5.74, 6) is 0.0984. The van der Waals surface area contributed by atoms with Gasteiger partial charge in [0, 0.05) is 17.6 Å². The third-order valence-electron chi connectivity index (χ3n) is 3.69. The zero-order valence-corrected chi connectivity index (χ0v) is 12.9. The number of carbonyl (C=O) groups excluding carboxylic acids is 1. The molecular weight excluding hydrogens is 318 g/mol. The number of amides is 1. The third kappa shape index (κ3) is 2.38. The van der Waals surface area contributed by atoms with Crippen molar-refractivity contribution < 1.29 is 4.79 Å². The number of rotatable bonds is 2. The van der Waals surface area contributed by atoms with Gasteiger partial charge in [-0.15, -0.1) is 0 Å². The van der Waals surface area contributed by atoms with Crippen molar-refractivity contribution in [2.45, 2.75) is 19.8 Å². The van der Waals surface area contributed by atoms with Crippen LogP contribution in [0.4, 0.5) is 0 Å². The van der Waals surface area contributed by atoms with Gasteiger partial charge in [0.2, 0.25) is 0 Å².